The topological polar surface area (TPSA) is 116 Å². The van der Waals surface area contributed by atoms with E-state index in [-0.39, 0.29) is 16.1 Å². The van der Waals surface area contributed by atoms with Crippen LogP contribution in [0.3, 0.4) is 0 Å². The lowest BCUT2D eigenvalue weighted by atomic mass is 10.2. The van der Waals surface area contributed by atoms with E-state index in [1.54, 1.807) is 13.8 Å². The number of carbonyl (C=O) groups excluding carboxylic acids is 2. The van der Waals surface area contributed by atoms with Gasteiger partial charge in [-0.25, -0.2) is 13.2 Å². The SMILES string of the molecule is Cc1noc(C)c1C(=O)OCC(=O)Nc1cccc(S(C)(=O)=O)c1. The molecule has 0 unspecified atom stereocenters. The molecule has 0 saturated carbocycles. The zero-order valence-corrected chi connectivity index (χ0v) is 14.1. The number of rotatable bonds is 5. The number of aryl methyl sites for hydroxylation is 2. The molecule has 1 N–H and O–H groups in total. The van der Waals surface area contributed by atoms with Gasteiger partial charge in [0.2, 0.25) is 0 Å². The first-order chi connectivity index (χ1) is 11.2. The molecule has 0 aliphatic carbocycles. The maximum atomic E-state index is 11.9. The maximum Gasteiger partial charge on any atom is 0.344 e. The van der Waals surface area contributed by atoms with Crippen molar-refractivity contribution in [2.24, 2.45) is 0 Å². The van der Waals surface area contributed by atoms with E-state index < -0.39 is 28.3 Å². The molecule has 0 aliphatic rings. The molecular formula is C15H16N2O6S. The Kier molecular flexibility index (Phi) is 5.03. The molecule has 0 spiro atoms. The van der Waals surface area contributed by atoms with Crippen LogP contribution in [0.2, 0.25) is 0 Å². The molecule has 2 aromatic rings. The van der Waals surface area contributed by atoms with Gasteiger partial charge in [-0.15, -0.1) is 0 Å². The number of nitrogens with one attached hydrogen (secondary N) is 1. The summed E-state index contributed by atoms with van der Waals surface area (Å²) in [7, 11) is -3.38. The quantitative estimate of drug-likeness (QED) is 0.810. The lowest BCUT2D eigenvalue weighted by Gasteiger charge is -2.07. The predicted molar refractivity (Wildman–Crippen MR) is 84.4 cm³/mol. The summed E-state index contributed by atoms with van der Waals surface area (Å²) in [6.07, 6.45) is 1.07. The summed E-state index contributed by atoms with van der Waals surface area (Å²) in [6, 6.07) is 5.77. The van der Waals surface area contributed by atoms with Crippen LogP contribution < -0.4 is 5.32 Å². The highest BCUT2D eigenvalue weighted by atomic mass is 32.2. The van der Waals surface area contributed by atoms with E-state index in [0.29, 0.717) is 11.5 Å². The molecule has 2 rings (SSSR count). The molecule has 1 aromatic carbocycles. The molecule has 0 radical (unpaired) electrons. The van der Waals surface area contributed by atoms with Gasteiger partial charge < -0.3 is 14.6 Å². The monoisotopic (exact) mass is 352 g/mol. The van der Waals surface area contributed by atoms with Crippen LogP contribution in [0.1, 0.15) is 21.8 Å². The van der Waals surface area contributed by atoms with Crippen LogP contribution in [-0.4, -0.2) is 38.3 Å². The minimum atomic E-state index is -3.38. The summed E-state index contributed by atoms with van der Waals surface area (Å²) >= 11 is 0. The van der Waals surface area contributed by atoms with Gasteiger partial charge in [0.15, 0.2) is 16.4 Å². The summed E-state index contributed by atoms with van der Waals surface area (Å²) < 4.78 is 32.7. The Morgan fingerprint density at radius 2 is 2.00 bits per heavy atom. The zero-order valence-electron chi connectivity index (χ0n) is 13.3. The standard InChI is InChI=1S/C15H16N2O6S/c1-9-14(10(2)23-17-9)15(19)22-8-13(18)16-11-5-4-6-12(7-11)24(3,20)21/h4-7H,8H2,1-3H3,(H,16,18). The second-order valence-corrected chi connectivity index (χ2v) is 7.14. The van der Waals surface area contributed by atoms with Gasteiger partial charge in [-0.05, 0) is 32.0 Å². The molecule has 1 amide bonds. The molecule has 128 valence electrons. The number of benzene rings is 1. The Labute approximate surface area is 138 Å². The Bertz CT molecular complexity index is 866. The average Bonchev–Trinajstić information content (AvgIpc) is 2.83. The molecule has 0 saturated heterocycles. The number of sulfone groups is 1. The van der Waals surface area contributed by atoms with E-state index >= 15 is 0 Å². The Morgan fingerprint density at radius 1 is 1.29 bits per heavy atom. The number of carbonyl (C=O) groups is 2. The van der Waals surface area contributed by atoms with Crippen molar-refractivity contribution in [3.8, 4) is 0 Å². The third kappa shape index (κ3) is 4.19. The van der Waals surface area contributed by atoms with Crippen molar-refractivity contribution in [3.05, 3.63) is 41.3 Å². The third-order valence-corrected chi connectivity index (χ3v) is 4.23. The van der Waals surface area contributed by atoms with Gasteiger partial charge in [-0.1, -0.05) is 11.2 Å². The summed E-state index contributed by atoms with van der Waals surface area (Å²) in [5, 5.41) is 6.10. The van der Waals surface area contributed by atoms with Crippen LogP contribution in [0.15, 0.2) is 33.7 Å². The first-order valence-electron chi connectivity index (χ1n) is 6.88. The third-order valence-electron chi connectivity index (χ3n) is 3.12. The van der Waals surface area contributed by atoms with E-state index in [1.807, 2.05) is 0 Å². The molecule has 0 fully saturated rings. The minimum Gasteiger partial charge on any atom is -0.452 e. The van der Waals surface area contributed by atoms with Gasteiger partial charge in [0.1, 0.15) is 11.3 Å². The molecule has 1 aromatic heterocycles. The highest BCUT2D eigenvalue weighted by Crippen LogP contribution is 2.16. The fourth-order valence-corrected chi connectivity index (χ4v) is 2.65. The Morgan fingerprint density at radius 3 is 2.58 bits per heavy atom. The van der Waals surface area contributed by atoms with Crippen LogP contribution in [0.25, 0.3) is 0 Å². The minimum absolute atomic E-state index is 0.0769. The van der Waals surface area contributed by atoms with Gasteiger partial charge in [-0.3, -0.25) is 4.79 Å². The van der Waals surface area contributed by atoms with Gasteiger partial charge in [0.25, 0.3) is 5.91 Å². The van der Waals surface area contributed by atoms with Crippen LogP contribution in [0, 0.1) is 13.8 Å². The van der Waals surface area contributed by atoms with Gasteiger partial charge in [0.05, 0.1) is 10.6 Å². The molecule has 1 heterocycles. The smallest absolute Gasteiger partial charge is 0.344 e. The molecule has 0 atom stereocenters. The largest absolute Gasteiger partial charge is 0.452 e. The van der Waals surface area contributed by atoms with Crippen LogP contribution >= 0.6 is 0 Å². The van der Waals surface area contributed by atoms with Crippen molar-refractivity contribution in [1.29, 1.82) is 0 Å². The normalized spacial score (nSPS) is 11.1. The number of hydrogen-bond donors (Lipinski definition) is 1. The molecule has 9 heteroatoms. The molecular weight excluding hydrogens is 336 g/mol. The van der Waals surface area contributed by atoms with Gasteiger partial charge in [-0.2, -0.15) is 0 Å². The maximum absolute atomic E-state index is 11.9. The molecule has 24 heavy (non-hydrogen) atoms. The molecule has 8 nitrogen and oxygen atoms in total. The fraction of sp³-hybridized carbons (Fsp3) is 0.267. The van der Waals surface area contributed by atoms with Crippen molar-refractivity contribution < 1.29 is 27.3 Å². The summed E-state index contributed by atoms with van der Waals surface area (Å²) in [4.78, 5) is 23.8. The van der Waals surface area contributed by atoms with Crippen molar-refractivity contribution in [3.63, 3.8) is 0 Å². The van der Waals surface area contributed by atoms with E-state index in [1.165, 1.54) is 24.3 Å². The summed E-state index contributed by atoms with van der Waals surface area (Å²) in [5.74, 6) is -1.01. The fourth-order valence-electron chi connectivity index (χ4n) is 1.98. The van der Waals surface area contributed by atoms with E-state index in [2.05, 4.69) is 10.5 Å². The predicted octanol–water partition coefficient (Wildman–Crippen LogP) is 1.49. The van der Waals surface area contributed by atoms with Crippen molar-refractivity contribution in [2.45, 2.75) is 18.7 Å². The lowest BCUT2D eigenvalue weighted by molar-refractivity contribution is -0.119. The number of hydrogen-bond acceptors (Lipinski definition) is 7. The summed E-state index contributed by atoms with van der Waals surface area (Å²) in [6.45, 7) is 2.63. The lowest BCUT2D eigenvalue weighted by Crippen LogP contribution is -2.21. The highest BCUT2D eigenvalue weighted by molar-refractivity contribution is 7.90. The van der Waals surface area contributed by atoms with E-state index in [0.717, 1.165) is 6.26 Å². The number of aromatic nitrogens is 1. The van der Waals surface area contributed by atoms with E-state index in [4.69, 9.17) is 9.26 Å². The number of nitrogens with zero attached hydrogens (tertiary/aromatic N) is 1. The van der Waals surface area contributed by atoms with Crippen molar-refractivity contribution in [1.82, 2.24) is 5.16 Å². The number of ether oxygens (including phenoxy) is 1. The van der Waals surface area contributed by atoms with Crippen LogP contribution in [-0.2, 0) is 19.4 Å². The molecule has 0 bridgehead atoms. The number of esters is 1. The average molecular weight is 352 g/mol. The first-order valence-corrected chi connectivity index (χ1v) is 8.77. The highest BCUT2D eigenvalue weighted by Gasteiger charge is 2.20. The van der Waals surface area contributed by atoms with Crippen LogP contribution in [0.4, 0.5) is 5.69 Å². The van der Waals surface area contributed by atoms with E-state index in [9.17, 15) is 18.0 Å². The molecule has 0 aliphatic heterocycles. The van der Waals surface area contributed by atoms with Crippen molar-refractivity contribution in [2.75, 3.05) is 18.2 Å². The van der Waals surface area contributed by atoms with Gasteiger partial charge >= 0.3 is 5.97 Å². The first kappa shape index (κ1) is 17.7. The number of anilines is 1. The Balaban J connectivity index is 1.98. The second-order valence-electron chi connectivity index (χ2n) is 5.12. The van der Waals surface area contributed by atoms with Gasteiger partial charge in [0, 0.05) is 11.9 Å². The van der Waals surface area contributed by atoms with Crippen LogP contribution in [0.5, 0.6) is 0 Å². The number of amides is 1. The Hall–Kier alpha value is -2.68. The summed E-state index contributed by atoms with van der Waals surface area (Å²) in [5.41, 5.74) is 0.844. The zero-order chi connectivity index (χ0) is 17.9. The second kappa shape index (κ2) is 6.83. The van der Waals surface area contributed by atoms with Crippen molar-refractivity contribution >= 4 is 27.4 Å².